The summed E-state index contributed by atoms with van der Waals surface area (Å²) in [6.07, 6.45) is 0. The molecule has 0 radical (unpaired) electrons. The fraction of sp³-hybridized carbons (Fsp3) is 0.200. The highest BCUT2D eigenvalue weighted by molar-refractivity contribution is 8.00. The Morgan fingerprint density at radius 2 is 1.47 bits per heavy atom. The van der Waals surface area contributed by atoms with Crippen molar-refractivity contribution in [2.75, 3.05) is 29.6 Å². The third-order valence-electron chi connectivity index (χ3n) is 4.49. The van der Waals surface area contributed by atoms with E-state index in [-0.39, 0.29) is 16.6 Å². The number of anilines is 2. The summed E-state index contributed by atoms with van der Waals surface area (Å²) in [5, 5.41) is 5.55. The van der Waals surface area contributed by atoms with E-state index >= 15 is 0 Å². The first-order chi connectivity index (χ1) is 16.4. The molecule has 0 aliphatic carbocycles. The van der Waals surface area contributed by atoms with Gasteiger partial charge in [-0.1, -0.05) is 18.2 Å². The highest BCUT2D eigenvalue weighted by Crippen LogP contribution is 2.37. The standard InChI is InChI=1S/C25H24F2N2O4S/c1-3-32-21-14-20(29-25(31)16-8-6-5-7-9-16)22(33-4-2)13-19(21)28-24(30)15-34-23-11-10-17(26)12-18(23)27/h5-14H,3-4,15H2,1-2H3,(H,28,30)(H,29,31). The van der Waals surface area contributed by atoms with Crippen LogP contribution in [0.1, 0.15) is 24.2 Å². The number of ether oxygens (including phenoxy) is 2. The van der Waals surface area contributed by atoms with Crippen LogP contribution in [0.5, 0.6) is 11.5 Å². The monoisotopic (exact) mass is 486 g/mol. The molecule has 6 nitrogen and oxygen atoms in total. The highest BCUT2D eigenvalue weighted by atomic mass is 32.2. The zero-order valence-corrected chi connectivity index (χ0v) is 19.5. The summed E-state index contributed by atoms with van der Waals surface area (Å²) in [5.41, 5.74) is 1.21. The zero-order chi connectivity index (χ0) is 24.5. The lowest BCUT2D eigenvalue weighted by Crippen LogP contribution is -2.17. The molecule has 2 amide bonds. The van der Waals surface area contributed by atoms with Crippen molar-refractivity contribution in [3.8, 4) is 11.5 Å². The second-order valence-corrected chi connectivity index (χ2v) is 7.96. The van der Waals surface area contributed by atoms with Crippen molar-refractivity contribution in [2.45, 2.75) is 18.7 Å². The van der Waals surface area contributed by atoms with Crippen LogP contribution in [0.25, 0.3) is 0 Å². The minimum atomic E-state index is -0.732. The maximum atomic E-state index is 13.8. The number of carbonyl (C=O) groups excluding carboxylic acids is 2. The average Bonchev–Trinajstić information content (AvgIpc) is 2.82. The van der Waals surface area contributed by atoms with Crippen molar-refractivity contribution in [3.05, 3.63) is 77.9 Å². The summed E-state index contributed by atoms with van der Waals surface area (Å²) < 4.78 is 38.3. The molecular weight excluding hydrogens is 462 g/mol. The molecule has 0 saturated heterocycles. The molecule has 0 heterocycles. The van der Waals surface area contributed by atoms with Gasteiger partial charge in [0.05, 0.1) is 30.3 Å². The van der Waals surface area contributed by atoms with Gasteiger partial charge in [0.25, 0.3) is 5.91 Å². The highest BCUT2D eigenvalue weighted by Gasteiger charge is 2.17. The Labute approximate surface area is 200 Å². The number of nitrogens with one attached hydrogen (secondary N) is 2. The van der Waals surface area contributed by atoms with E-state index in [1.54, 1.807) is 50.2 Å². The summed E-state index contributed by atoms with van der Waals surface area (Å²) in [5.74, 6) is -1.58. The molecule has 9 heteroatoms. The lowest BCUT2D eigenvalue weighted by molar-refractivity contribution is -0.113. The molecule has 0 aromatic heterocycles. The summed E-state index contributed by atoms with van der Waals surface area (Å²) in [4.78, 5) is 25.3. The molecule has 2 N–H and O–H groups in total. The number of benzene rings is 3. The van der Waals surface area contributed by atoms with E-state index in [9.17, 15) is 18.4 Å². The second-order valence-electron chi connectivity index (χ2n) is 6.94. The molecule has 0 bridgehead atoms. The SMILES string of the molecule is CCOc1cc(NC(=O)c2ccccc2)c(OCC)cc1NC(=O)CSc1ccc(F)cc1F. The minimum Gasteiger partial charge on any atom is -0.492 e. The van der Waals surface area contributed by atoms with Crippen molar-refractivity contribution in [1.29, 1.82) is 0 Å². The first-order valence-corrected chi connectivity index (χ1v) is 11.6. The maximum absolute atomic E-state index is 13.8. The molecule has 34 heavy (non-hydrogen) atoms. The largest absolute Gasteiger partial charge is 0.492 e. The predicted molar refractivity (Wildman–Crippen MR) is 129 cm³/mol. The van der Waals surface area contributed by atoms with E-state index in [2.05, 4.69) is 10.6 Å². The topological polar surface area (TPSA) is 76.7 Å². The van der Waals surface area contributed by atoms with Gasteiger partial charge in [-0.2, -0.15) is 0 Å². The van der Waals surface area contributed by atoms with E-state index in [1.165, 1.54) is 6.07 Å². The Hall–Kier alpha value is -3.59. The normalized spacial score (nSPS) is 10.5. The van der Waals surface area contributed by atoms with Gasteiger partial charge < -0.3 is 20.1 Å². The Balaban J connectivity index is 1.79. The Morgan fingerprint density at radius 3 is 2.06 bits per heavy atom. The maximum Gasteiger partial charge on any atom is 0.255 e. The molecule has 3 aromatic carbocycles. The van der Waals surface area contributed by atoms with Crippen LogP contribution in [0.15, 0.2) is 65.6 Å². The van der Waals surface area contributed by atoms with Crippen LogP contribution in [0, 0.1) is 11.6 Å². The number of amides is 2. The first kappa shape index (κ1) is 25.0. The molecular formula is C25H24F2N2O4S. The van der Waals surface area contributed by atoms with Crippen LogP contribution >= 0.6 is 11.8 Å². The quantitative estimate of drug-likeness (QED) is 0.357. The minimum absolute atomic E-state index is 0.107. The van der Waals surface area contributed by atoms with Gasteiger partial charge >= 0.3 is 0 Å². The van der Waals surface area contributed by atoms with Gasteiger partial charge in [-0.3, -0.25) is 9.59 Å². The molecule has 3 aromatic rings. The Morgan fingerprint density at radius 1 is 0.853 bits per heavy atom. The number of hydrogen-bond donors (Lipinski definition) is 2. The molecule has 0 unspecified atom stereocenters. The molecule has 178 valence electrons. The van der Waals surface area contributed by atoms with Gasteiger partial charge in [-0.05, 0) is 38.1 Å². The third kappa shape index (κ3) is 6.71. The predicted octanol–water partition coefficient (Wildman–Crippen LogP) is 5.75. The van der Waals surface area contributed by atoms with Crippen molar-refractivity contribution in [3.63, 3.8) is 0 Å². The Bertz CT molecular complexity index is 1160. The number of hydrogen-bond acceptors (Lipinski definition) is 5. The average molecular weight is 487 g/mol. The Kier molecular flexibility index (Phi) is 8.86. The van der Waals surface area contributed by atoms with E-state index in [0.717, 1.165) is 23.9 Å². The lowest BCUT2D eigenvalue weighted by Gasteiger charge is -2.18. The molecule has 0 saturated carbocycles. The summed E-state index contributed by atoms with van der Waals surface area (Å²) in [7, 11) is 0. The smallest absolute Gasteiger partial charge is 0.255 e. The van der Waals surface area contributed by atoms with Crippen molar-refractivity contribution in [2.24, 2.45) is 0 Å². The van der Waals surface area contributed by atoms with Crippen molar-refractivity contribution < 1.29 is 27.8 Å². The molecule has 0 fully saturated rings. The van der Waals surface area contributed by atoms with Crippen LogP contribution in [-0.4, -0.2) is 30.8 Å². The van der Waals surface area contributed by atoms with E-state index in [4.69, 9.17) is 9.47 Å². The zero-order valence-electron chi connectivity index (χ0n) is 18.7. The third-order valence-corrected chi connectivity index (χ3v) is 5.54. The molecule has 0 aliphatic heterocycles. The molecule has 0 atom stereocenters. The van der Waals surface area contributed by atoms with Gasteiger partial charge in [-0.25, -0.2) is 8.78 Å². The molecule has 0 spiro atoms. The number of rotatable bonds is 10. The van der Waals surface area contributed by atoms with Crippen LogP contribution < -0.4 is 20.1 Å². The second kappa shape index (κ2) is 12.0. The van der Waals surface area contributed by atoms with E-state index in [1.807, 2.05) is 6.07 Å². The number of carbonyl (C=O) groups is 2. The van der Waals surface area contributed by atoms with Gasteiger partial charge in [-0.15, -0.1) is 11.8 Å². The van der Waals surface area contributed by atoms with Gasteiger partial charge in [0, 0.05) is 28.7 Å². The summed E-state index contributed by atoms with van der Waals surface area (Å²) >= 11 is 0.943. The van der Waals surface area contributed by atoms with Crippen molar-refractivity contribution >= 4 is 35.0 Å². The lowest BCUT2D eigenvalue weighted by atomic mass is 10.2. The molecule has 0 aliphatic rings. The van der Waals surface area contributed by atoms with E-state index < -0.39 is 17.5 Å². The number of thioether (sulfide) groups is 1. The summed E-state index contributed by atoms with van der Waals surface area (Å²) in [6, 6.07) is 15.1. The number of halogens is 2. The fourth-order valence-corrected chi connectivity index (χ4v) is 3.73. The van der Waals surface area contributed by atoms with Gasteiger partial charge in [0.2, 0.25) is 5.91 Å². The van der Waals surface area contributed by atoms with Crippen molar-refractivity contribution in [1.82, 2.24) is 0 Å². The van der Waals surface area contributed by atoms with E-state index in [0.29, 0.717) is 41.7 Å². The molecule has 3 rings (SSSR count). The van der Waals surface area contributed by atoms with Crippen LogP contribution in [-0.2, 0) is 4.79 Å². The van der Waals surface area contributed by atoms with Crippen LogP contribution in [0.3, 0.4) is 0 Å². The van der Waals surface area contributed by atoms with Gasteiger partial charge in [0.1, 0.15) is 23.1 Å². The van der Waals surface area contributed by atoms with Crippen LogP contribution in [0.4, 0.5) is 20.2 Å². The summed E-state index contributed by atoms with van der Waals surface area (Å²) in [6.45, 7) is 4.23. The van der Waals surface area contributed by atoms with Gasteiger partial charge in [0.15, 0.2) is 0 Å². The van der Waals surface area contributed by atoms with Crippen LogP contribution in [0.2, 0.25) is 0 Å². The fourth-order valence-electron chi connectivity index (χ4n) is 3.01. The first-order valence-electron chi connectivity index (χ1n) is 10.6.